The van der Waals surface area contributed by atoms with Crippen LogP contribution in [0.5, 0.6) is 0 Å². The van der Waals surface area contributed by atoms with Crippen LogP contribution in [0, 0.1) is 0 Å². The predicted octanol–water partition coefficient (Wildman–Crippen LogP) is 4.28. The van der Waals surface area contributed by atoms with Gasteiger partial charge in [-0.05, 0) is 61.7 Å². The van der Waals surface area contributed by atoms with E-state index in [-0.39, 0.29) is 16.6 Å². The summed E-state index contributed by atoms with van der Waals surface area (Å²) in [4.78, 5) is 26.2. The lowest BCUT2D eigenvalue weighted by Gasteiger charge is -2.30. The molecule has 6 nitrogen and oxygen atoms in total. The van der Waals surface area contributed by atoms with Gasteiger partial charge >= 0.3 is 0 Å². The predicted molar refractivity (Wildman–Crippen MR) is 120 cm³/mol. The topological polar surface area (TPSA) is 83.6 Å². The van der Waals surface area contributed by atoms with Gasteiger partial charge in [0.2, 0.25) is 0 Å². The van der Waals surface area contributed by atoms with Crippen LogP contribution in [0.4, 0.5) is 11.4 Å². The van der Waals surface area contributed by atoms with Gasteiger partial charge in [-0.1, -0.05) is 36.4 Å². The van der Waals surface area contributed by atoms with Crippen molar-refractivity contribution in [1.82, 2.24) is 0 Å². The zero-order valence-corrected chi connectivity index (χ0v) is 17.9. The Morgan fingerprint density at radius 3 is 2.29 bits per heavy atom. The Hall–Kier alpha value is -3.45. The molecule has 158 valence electrons. The standard InChI is InChI=1S/C24H22N2O4S/c1-17(27)18-10-13-22(14-11-18)31(29,30)25-21-12-9-19-8-5-15-26(23(19)16-21)24(28)20-6-3-2-4-7-20/h2-4,6-7,9-14,16,25H,5,8,15H2,1H3. The number of nitrogens with one attached hydrogen (secondary N) is 1. The van der Waals surface area contributed by atoms with Crippen LogP contribution in [0.2, 0.25) is 0 Å². The maximum atomic E-state index is 13.0. The minimum absolute atomic E-state index is 0.0624. The van der Waals surface area contributed by atoms with E-state index in [9.17, 15) is 18.0 Å². The molecule has 1 aliphatic heterocycles. The van der Waals surface area contributed by atoms with Gasteiger partial charge in [0.1, 0.15) is 0 Å². The number of hydrogen-bond acceptors (Lipinski definition) is 4. The van der Waals surface area contributed by atoms with E-state index in [1.807, 2.05) is 24.3 Å². The lowest BCUT2D eigenvalue weighted by molar-refractivity contribution is 0.0983. The van der Waals surface area contributed by atoms with E-state index in [0.717, 1.165) is 18.4 Å². The van der Waals surface area contributed by atoms with Crippen LogP contribution >= 0.6 is 0 Å². The summed E-state index contributed by atoms with van der Waals surface area (Å²) in [6.45, 7) is 2.00. The maximum absolute atomic E-state index is 13.0. The highest BCUT2D eigenvalue weighted by Gasteiger charge is 2.24. The molecular formula is C24H22N2O4S. The number of hydrogen-bond donors (Lipinski definition) is 1. The van der Waals surface area contributed by atoms with Gasteiger partial charge < -0.3 is 4.90 Å². The summed E-state index contributed by atoms with van der Waals surface area (Å²) in [6.07, 6.45) is 1.67. The SMILES string of the molecule is CC(=O)c1ccc(S(=O)(=O)Nc2ccc3c(c2)N(C(=O)c2ccccc2)CCC3)cc1. The fraction of sp³-hybridized carbons (Fsp3) is 0.167. The molecule has 7 heteroatoms. The lowest BCUT2D eigenvalue weighted by atomic mass is 10.00. The van der Waals surface area contributed by atoms with E-state index in [1.54, 1.807) is 29.2 Å². The molecule has 0 saturated heterocycles. The Balaban J connectivity index is 1.62. The Morgan fingerprint density at radius 1 is 0.903 bits per heavy atom. The molecule has 0 spiro atoms. The Morgan fingerprint density at radius 2 is 1.61 bits per heavy atom. The van der Waals surface area contributed by atoms with Crippen LogP contribution in [-0.4, -0.2) is 26.7 Å². The van der Waals surface area contributed by atoms with Crippen molar-refractivity contribution < 1.29 is 18.0 Å². The van der Waals surface area contributed by atoms with Crippen molar-refractivity contribution in [3.63, 3.8) is 0 Å². The van der Waals surface area contributed by atoms with Crippen LogP contribution in [0.3, 0.4) is 0 Å². The maximum Gasteiger partial charge on any atom is 0.261 e. The number of nitrogens with zero attached hydrogens (tertiary/aromatic N) is 1. The van der Waals surface area contributed by atoms with Crippen LogP contribution in [0.15, 0.2) is 77.7 Å². The Labute approximate surface area is 181 Å². The van der Waals surface area contributed by atoms with E-state index >= 15 is 0 Å². The van der Waals surface area contributed by atoms with Crippen LogP contribution in [-0.2, 0) is 16.4 Å². The van der Waals surface area contributed by atoms with Gasteiger partial charge in [-0.15, -0.1) is 0 Å². The number of aryl methyl sites for hydroxylation is 1. The molecule has 3 aromatic carbocycles. The molecule has 1 amide bonds. The van der Waals surface area contributed by atoms with Crippen molar-refractivity contribution in [1.29, 1.82) is 0 Å². The second kappa shape index (κ2) is 8.35. The van der Waals surface area contributed by atoms with E-state index in [1.165, 1.54) is 31.2 Å². The van der Waals surface area contributed by atoms with Gasteiger partial charge in [-0.3, -0.25) is 14.3 Å². The zero-order valence-electron chi connectivity index (χ0n) is 17.0. The average Bonchev–Trinajstić information content (AvgIpc) is 2.78. The highest BCUT2D eigenvalue weighted by molar-refractivity contribution is 7.92. The third-order valence-corrected chi connectivity index (χ3v) is 6.69. The van der Waals surface area contributed by atoms with Crippen LogP contribution < -0.4 is 9.62 Å². The highest BCUT2D eigenvalue weighted by atomic mass is 32.2. The molecule has 3 aromatic rings. The first-order valence-corrected chi connectivity index (χ1v) is 11.5. The fourth-order valence-corrected chi connectivity index (χ4v) is 4.72. The van der Waals surface area contributed by atoms with Crippen molar-refractivity contribution in [2.24, 2.45) is 0 Å². The first-order valence-electron chi connectivity index (χ1n) is 9.99. The van der Waals surface area contributed by atoms with Crippen molar-refractivity contribution >= 4 is 33.1 Å². The molecule has 0 saturated carbocycles. The molecule has 1 aliphatic rings. The number of ketones is 1. The number of sulfonamides is 1. The van der Waals surface area contributed by atoms with Gasteiger partial charge in [0, 0.05) is 23.4 Å². The molecule has 1 heterocycles. The van der Waals surface area contributed by atoms with Gasteiger partial charge in [-0.25, -0.2) is 8.42 Å². The van der Waals surface area contributed by atoms with Crippen molar-refractivity contribution in [3.8, 4) is 0 Å². The number of carbonyl (C=O) groups excluding carboxylic acids is 2. The Kier molecular flexibility index (Phi) is 5.61. The highest BCUT2D eigenvalue weighted by Crippen LogP contribution is 2.32. The summed E-state index contributed by atoms with van der Waals surface area (Å²) in [5.41, 5.74) is 3.13. The molecule has 0 unspecified atom stereocenters. The van der Waals surface area contributed by atoms with Crippen LogP contribution in [0.1, 0.15) is 39.6 Å². The van der Waals surface area contributed by atoms with E-state index in [4.69, 9.17) is 0 Å². The van der Waals surface area contributed by atoms with E-state index < -0.39 is 10.0 Å². The monoisotopic (exact) mass is 434 g/mol. The molecular weight excluding hydrogens is 412 g/mol. The Bertz CT molecular complexity index is 1240. The molecule has 4 rings (SSSR count). The first-order chi connectivity index (χ1) is 14.8. The summed E-state index contributed by atoms with van der Waals surface area (Å²) < 4.78 is 28.2. The van der Waals surface area contributed by atoms with Crippen LogP contribution in [0.25, 0.3) is 0 Å². The number of Topliss-reactive ketones (excluding diaryl/α,β-unsaturated/α-hetero) is 1. The minimum atomic E-state index is -3.84. The quantitative estimate of drug-likeness (QED) is 0.608. The molecule has 0 bridgehead atoms. The molecule has 0 radical (unpaired) electrons. The molecule has 0 aromatic heterocycles. The summed E-state index contributed by atoms with van der Waals surface area (Å²) in [6, 6.07) is 20.1. The van der Waals surface area contributed by atoms with Crippen molar-refractivity contribution in [3.05, 3.63) is 89.5 Å². The van der Waals surface area contributed by atoms with Gasteiger partial charge in [0.15, 0.2) is 5.78 Å². The number of amides is 1. The number of rotatable bonds is 5. The summed E-state index contributed by atoms with van der Waals surface area (Å²) in [5.74, 6) is -0.240. The third-order valence-electron chi connectivity index (χ3n) is 5.29. The lowest BCUT2D eigenvalue weighted by Crippen LogP contribution is -2.35. The third kappa shape index (κ3) is 4.36. The van der Waals surface area contributed by atoms with Gasteiger partial charge in [0.05, 0.1) is 10.6 Å². The number of carbonyl (C=O) groups is 2. The fourth-order valence-electron chi connectivity index (χ4n) is 3.67. The summed E-state index contributed by atoms with van der Waals surface area (Å²) in [5, 5.41) is 0. The van der Waals surface area contributed by atoms with Crippen molar-refractivity contribution in [2.45, 2.75) is 24.7 Å². The van der Waals surface area contributed by atoms with Gasteiger partial charge in [0.25, 0.3) is 15.9 Å². The average molecular weight is 435 g/mol. The molecule has 31 heavy (non-hydrogen) atoms. The summed E-state index contributed by atoms with van der Waals surface area (Å²) >= 11 is 0. The second-order valence-corrected chi connectivity index (χ2v) is 9.14. The normalized spacial score (nSPS) is 13.4. The smallest absolute Gasteiger partial charge is 0.261 e. The molecule has 0 aliphatic carbocycles. The second-order valence-electron chi connectivity index (χ2n) is 7.46. The van der Waals surface area contributed by atoms with Crippen molar-refractivity contribution in [2.75, 3.05) is 16.2 Å². The molecule has 0 atom stereocenters. The number of anilines is 2. The number of fused-ring (bicyclic) bond motifs is 1. The largest absolute Gasteiger partial charge is 0.308 e. The minimum Gasteiger partial charge on any atom is -0.308 e. The van der Waals surface area contributed by atoms with E-state index in [2.05, 4.69) is 4.72 Å². The first kappa shape index (κ1) is 20.8. The molecule has 0 fully saturated rings. The van der Waals surface area contributed by atoms with Gasteiger partial charge in [-0.2, -0.15) is 0 Å². The zero-order chi connectivity index (χ0) is 22.0. The molecule has 1 N–H and O–H groups in total. The number of benzene rings is 3. The summed E-state index contributed by atoms with van der Waals surface area (Å²) in [7, 11) is -3.84. The van der Waals surface area contributed by atoms with E-state index in [0.29, 0.717) is 29.0 Å².